The van der Waals surface area contributed by atoms with Crippen LogP contribution in [0.15, 0.2) is 24.3 Å². The molecule has 0 saturated carbocycles. The predicted molar refractivity (Wildman–Crippen MR) is 77.7 cm³/mol. The van der Waals surface area contributed by atoms with E-state index in [0.717, 1.165) is 17.4 Å². The topological polar surface area (TPSA) is 35.8 Å². The minimum absolute atomic E-state index is 0.361. The number of rotatable bonds is 4. The van der Waals surface area contributed by atoms with E-state index in [1.807, 2.05) is 24.3 Å². The second-order valence-corrected chi connectivity index (χ2v) is 6.26. The third kappa shape index (κ3) is 3.76. The fourth-order valence-electron chi connectivity index (χ4n) is 2.24. The highest BCUT2D eigenvalue weighted by Crippen LogP contribution is 2.25. The molecule has 0 aromatic heterocycles. The lowest BCUT2D eigenvalue weighted by Crippen LogP contribution is -2.28. The Morgan fingerprint density at radius 3 is 2.78 bits per heavy atom. The Labute approximate surface area is 114 Å². The van der Waals surface area contributed by atoms with E-state index in [2.05, 4.69) is 30.1 Å². The predicted octanol–water partition coefficient (Wildman–Crippen LogP) is 3.49. The van der Waals surface area contributed by atoms with Crippen LogP contribution in [-0.4, -0.2) is 17.5 Å². The van der Waals surface area contributed by atoms with E-state index < -0.39 is 0 Å². The largest absolute Gasteiger partial charge is 0.309 e. The standard InChI is InChI=1S/C15H20N2S/c1-12(14-7-5-13(10-16)6-8-14)17-11-15-4-2-3-9-18-15/h5-8,12,15,17H,2-4,9,11H2,1H3. The zero-order valence-electron chi connectivity index (χ0n) is 10.9. The van der Waals surface area contributed by atoms with Crippen molar-refractivity contribution < 1.29 is 0 Å². The molecule has 1 fully saturated rings. The maximum absolute atomic E-state index is 8.77. The number of benzene rings is 1. The van der Waals surface area contributed by atoms with Crippen molar-refractivity contribution in [2.45, 2.75) is 37.5 Å². The summed E-state index contributed by atoms with van der Waals surface area (Å²) in [5, 5.41) is 13.2. The molecule has 3 heteroatoms. The minimum Gasteiger partial charge on any atom is -0.309 e. The van der Waals surface area contributed by atoms with Gasteiger partial charge in [0.15, 0.2) is 0 Å². The first-order valence-electron chi connectivity index (χ1n) is 6.64. The lowest BCUT2D eigenvalue weighted by molar-refractivity contribution is 0.538. The summed E-state index contributed by atoms with van der Waals surface area (Å²) in [7, 11) is 0. The van der Waals surface area contributed by atoms with Gasteiger partial charge < -0.3 is 5.32 Å². The summed E-state index contributed by atoms with van der Waals surface area (Å²) in [5.74, 6) is 1.32. The molecule has 1 aliphatic rings. The molecule has 96 valence electrons. The van der Waals surface area contributed by atoms with E-state index in [1.54, 1.807) is 0 Å². The van der Waals surface area contributed by atoms with Gasteiger partial charge in [-0.2, -0.15) is 17.0 Å². The molecule has 0 amide bonds. The highest BCUT2D eigenvalue weighted by molar-refractivity contribution is 7.99. The van der Waals surface area contributed by atoms with Crippen LogP contribution >= 0.6 is 11.8 Å². The highest BCUT2D eigenvalue weighted by atomic mass is 32.2. The zero-order valence-corrected chi connectivity index (χ0v) is 11.7. The van der Waals surface area contributed by atoms with Gasteiger partial charge in [0.25, 0.3) is 0 Å². The summed E-state index contributed by atoms with van der Waals surface area (Å²) in [6.07, 6.45) is 4.11. The molecule has 0 bridgehead atoms. The number of hydrogen-bond acceptors (Lipinski definition) is 3. The van der Waals surface area contributed by atoms with E-state index in [0.29, 0.717) is 6.04 Å². The molecule has 2 atom stereocenters. The van der Waals surface area contributed by atoms with Gasteiger partial charge in [-0.15, -0.1) is 0 Å². The van der Waals surface area contributed by atoms with Gasteiger partial charge in [-0.25, -0.2) is 0 Å². The van der Waals surface area contributed by atoms with Crippen LogP contribution in [0.25, 0.3) is 0 Å². The highest BCUT2D eigenvalue weighted by Gasteiger charge is 2.14. The van der Waals surface area contributed by atoms with Crippen molar-refractivity contribution in [3.8, 4) is 6.07 Å². The van der Waals surface area contributed by atoms with E-state index in [-0.39, 0.29) is 0 Å². The van der Waals surface area contributed by atoms with Gasteiger partial charge in [0.05, 0.1) is 11.6 Å². The van der Waals surface area contributed by atoms with Gasteiger partial charge in [0, 0.05) is 17.8 Å². The summed E-state index contributed by atoms with van der Waals surface area (Å²) in [6.45, 7) is 3.28. The average molecular weight is 260 g/mol. The zero-order chi connectivity index (χ0) is 12.8. The molecule has 18 heavy (non-hydrogen) atoms. The van der Waals surface area contributed by atoms with E-state index in [1.165, 1.54) is 30.6 Å². The third-order valence-corrected chi connectivity index (χ3v) is 4.86. The molecule has 1 aromatic rings. The Morgan fingerprint density at radius 2 is 2.17 bits per heavy atom. The first kappa shape index (κ1) is 13.5. The second kappa shape index (κ2) is 6.82. The van der Waals surface area contributed by atoms with Gasteiger partial charge in [0.1, 0.15) is 0 Å². The van der Waals surface area contributed by atoms with Gasteiger partial charge in [-0.05, 0) is 43.2 Å². The molecule has 0 spiro atoms. The Hall–Kier alpha value is -0.980. The lowest BCUT2D eigenvalue weighted by atomic mass is 10.1. The summed E-state index contributed by atoms with van der Waals surface area (Å²) < 4.78 is 0. The first-order valence-corrected chi connectivity index (χ1v) is 7.69. The molecule has 0 radical (unpaired) electrons. The molecule has 1 aliphatic heterocycles. The van der Waals surface area contributed by atoms with Gasteiger partial charge in [-0.1, -0.05) is 18.6 Å². The SMILES string of the molecule is CC(NCC1CCCCS1)c1ccc(C#N)cc1. The van der Waals surface area contributed by atoms with Crippen LogP contribution in [0.3, 0.4) is 0 Å². The molecule has 2 nitrogen and oxygen atoms in total. The van der Waals surface area contributed by atoms with Crippen molar-refractivity contribution in [2.75, 3.05) is 12.3 Å². The van der Waals surface area contributed by atoms with Crippen LogP contribution in [0.1, 0.15) is 43.4 Å². The van der Waals surface area contributed by atoms with Crippen molar-refractivity contribution in [1.29, 1.82) is 5.26 Å². The normalized spacial score (nSPS) is 21.2. The van der Waals surface area contributed by atoms with Gasteiger partial charge in [0.2, 0.25) is 0 Å². The summed E-state index contributed by atoms with van der Waals surface area (Å²) in [4.78, 5) is 0. The van der Waals surface area contributed by atoms with Crippen LogP contribution in [0.4, 0.5) is 0 Å². The molecule has 2 rings (SSSR count). The summed E-state index contributed by atoms with van der Waals surface area (Å²) in [5.41, 5.74) is 1.99. The Balaban J connectivity index is 1.83. The van der Waals surface area contributed by atoms with Crippen molar-refractivity contribution in [3.05, 3.63) is 35.4 Å². The molecule has 1 aromatic carbocycles. The van der Waals surface area contributed by atoms with E-state index in [9.17, 15) is 0 Å². The maximum Gasteiger partial charge on any atom is 0.0991 e. The Bertz CT molecular complexity index is 401. The molecular weight excluding hydrogens is 240 g/mol. The third-order valence-electron chi connectivity index (χ3n) is 3.47. The van der Waals surface area contributed by atoms with E-state index >= 15 is 0 Å². The monoisotopic (exact) mass is 260 g/mol. The summed E-state index contributed by atoms with van der Waals surface area (Å²) >= 11 is 2.10. The molecule has 0 aliphatic carbocycles. The lowest BCUT2D eigenvalue weighted by Gasteiger charge is -2.24. The minimum atomic E-state index is 0.361. The molecule has 2 unspecified atom stereocenters. The number of thioether (sulfide) groups is 1. The van der Waals surface area contributed by atoms with Crippen LogP contribution in [0.5, 0.6) is 0 Å². The van der Waals surface area contributed by atoms with Gasteiger partial charge >= 0.3 is 0 Å². The van der Waals surface area contributed by atoms with Crippen LogP contribution in [0, 0.1) is 11.3 Å². The van der Waals surface area contributed by atoms with Crippen molar-refractivity contribution >= 4 is 11.8 Å². The van der Waals surface area contributed by atoms with Crippen molar-refractivity contribution in [2.24, 2.45) is 0 Å². The maximum atomic E-state index is 8.77. The average Bonchev–Trinajstić information content (AvgIpc) is 2.46. The fourth-order valence-corrected chi connectivity index (χ4v) is 3.49. The number of hydrogen-bond donors (Lipinski definition) is 1. The molecule has 1 N–H and O–H groups in total. The van der Waals surface area contributed by atoms with Crippen LogP contribution in [-0.2, 0) is 0 Å². The molecule has 1 heterocycles. The number of nitrogens with one attached hydrogen (secondary N) is 1. The van der Waals surface area contributed by atoms with Gasteiger partial charge in [-0.3, -0.25) is 0 Å². The van der Waals surface area contributed by atoms with E-state index in [4.69, 9.17) is 5.26 Å². The van der Waals surface area contributed by atoms with Crippen LogP contribution < -0.4 is 5.32 Å². The summed E-state index contributed by atoms with van der Waals surface area (Å²) in [6, 6.07) is 10.4. The van der Waals surface area contributed by atoms with Crippen molar-refractivity contribution in [1.82, 2.24) is 5.32 Å². The molecule has 1 saturated heterocycles. The number of nitriles is 1. The second-order valence-electron chi connectivity index (χ2n) is 4.85. The van der Waals surface area contributed by atoms with Crippen molar-refractivity contribution in [3.63, 3.8) is 0 Å². The number of nitrogens with zero attached hydrogens (tertiary/aromatic N) is 1. The first-order chi connectivity index (χ1) is 8.79. The fraction of sp³-hybridized carbons (Fsp3) is 0.533. The quantitative estimate of drug-likeness (QED) is 0.900. The Kier molecular flexibility index (Phi) is 5.10. The molecular formula is C15H20N2S. The Morgan fingerprint density at radius 1 is 1.39 bits per heavy atom. The smallest absolute Gasteiger partial charge is 0.0991 e. The van der Waals surface area contributed by atoms with Crippen LogP contribution in [0.2, 0.25) is 0 Å².